The highest BCUT2D eigenvalue weighted by atomic mass is 35.5. The molecule has 0 saturated carbocycles. The first kappa shape index (κ1) is 21.7. The number of benzene rings is 3. The standard InChI is InChI=1S/C24H18Cl2N2O4/c1-31-22-12-15(7-10-21(22)32-14-16-8-9-17(25)13-19(16)26)11-20-23(29)28(24(30)27-20)18-5-3-2-4-6-18/h2-13H,14H2,1H3,(H,27,30)/b20-11+. The lowest BCUT2D eigenvalue weighted by molar-refractivity contribution is -0.113. The van der Waals surface area contributed by atoms with Gasteiger partial charge in [0, 0.05) is 15.6 Å². The number of halogens is 2. The van der Waals surface area contributed by atoms with E-state index in [1.165, 1.54) is 7.11 Å². The fourth-order valence-electron chi connectivity index (χ4n) is 3.20. The molecule has 1 aliphatic rings. The van der Waals surface area contributed by atoms with Crippen LogP contribution in [0, 0.1) is 0 Å². The summed E-state index contributed by atoms with van der Waals surface area (Å²) in [6.45, 7) is 0.230. The third-order valence-corrected chi connectivity index (χ3v) is 5.38. The predicted octanol–water partition coefficient (Wildman–Crippen LogP) is 5.68. The number of amides is 3. The van der Waals surface area contributed by atoms with E-state index < -0.39 is 11.9 Å². The van der Waals surface area contributed by atoms with Gasteiger partial charge in [-0.25, -0.2) is 9.69 Å². The molecular weight excluding hydrogens is 451 g/mol. The summed E-state index contributed by atoms with van der Waals surface area (Å²) in [7, 11) is 1.52. The summed E-state index contributed by atoms with van der Waals surface area (Å²) in [6.07, 6.45) is 1.59. The van der Waals surface area contributed by atoms with Crippen LogP contribution in [0.15, 0.2) is 72.4 Å². The molecule has 1 heterocycles. The summed E-state index contributed by atoms with van der Waals surface area (Å²) in [5.41, 5.74) is 2.12. The maximum absolute atomic E-state index is 12.8. The van der Waals surface area contributed by atoms with Gasteiger partial charge in [0.2, 0.25) is 0 Å². The number of nitrogens with zero attached hydrogens (tertiary/aromatic N) is 1. The number of urea groups is 1. The number of imide groups is 1. The van der Waals surface area contributed by atoms with Gasteiger partial charge >= 0.3 is 6.03 Å². The number of methoxy groups -OCH3 is 1. The first-order chi connectivity index (χ1) is 15.5. The van der Waals surface area contributed by atoms with E-state index in [1.807, 2.05) is 6.07 Å². The van der Waals surface area contributed by atoms with Crippen LogP contribution in [0.25, 0.3) is 6.08 Å². The SMILES string of the molecule is COc1cc(/C=C2/NC(=O)N(c3ccccc3)C2=O)ccc1OCc1ccc(Cl)cc1Cl. The second-order valence-electron chi connectivity index (χ2n) is 6.90. The van der Waals surface area contributed by atoms with Crippen LogP contribution >= 0.6 is 23.2 Å². The van der Waals surface area contributed by atoms with Gasteiger partial charge < -0.3 is 14.8 Å². The molecule has 0 unspecified atom stereocenters. The fourth-order valence-corrected chi connectivity index (χ4v) is 3.66. The Labute approximate surface area is 195 Å². The zero-order valence-corrected chi connectivity index (χ0v) is 18.5. The number of anilines is 1. The van der Waals surface area contributed by atoms with Crippen molar-refractivity contribution in [3.8, 4) is 11.5 Å². The third kappa shape index (κ3) is 4.56. The highest BCUT2D eigenvalue weighted by Gasteiger charge is 2.34. The van der Waals surface area contributed by atoms with E-state index in [0.29, 0.717) is 32.8 Å². The first-order valence-electron chi connectivity index (χ1n) is 9.63. The molecule has 3 amide bonds. The van der Waals surface area contributed by atoms with Crippen LogP contribution in [0.1, 0.15) is 11.1 Å². The minimum absolute atomic E-state index is 0.169. The Morgan fingerprint density at radius 3 is 2.47 bits per heavy atom. The van der Waals surface area contributed by atoms with Gasteiger partial charge in [0.15, 0.2) is 11.5 Å². The summed E-state index contributed by atoms with van der Waals surface area (Å²) in [4.78, 5) is 26.2. The number of hydrogen-bond donors (Lipinski definition) is 1. The van der Waals surface area contributed by atoms with Gasteiger partial charge in [-0.3, -0.25) is 4.79 Å². The van der Waals surface area contributed by atoms with Gasteiger partial charge in [-0.15, -0.1) is 0 Å². The van der Waals surface area contributed by atoms with Gasteiger partial charge in [0.25, 0.3) is 5.91 Å². The largest absolute Gasteiger partial charge is 0.493 e. The average Bonchev–Trinajstić information content (AvgIpc) is 3.07. The molecule has 162 valence electrons. The maximum atomic E-state index is 12.8. The van der Waals surface area contributed by atoms with Gasteiger partial charge in [-0.05, 0) is 48.0 Å². The van der Waals surface area contributed by atoms with E-state index in [2.05, 4.69) is 5.32 Å². The van der Waals surface area contributed by atoms with E-state index in [9.17, 15) is 9.59 Å². The van der Waals surface area contributed by atoms with Crippen molar-refractivity contribution in [1.82, 2.24) is 5.32 Å². The van der Waals surface area contributed by atoms with Crippen molar-refractivity contribution >= 4 is 46.9 Å². The second kappa shape index (κ2) is 9.34. The smallest absolute Gasteiger partial charge is 0.333 e. The Morgan fingerprint density at radius 2 is 1.75 bits per heavy atom. The van der Waals surface area contributed by atoms with Crippen LogP contribution in [-0.4, -0.2) is 19.0 Å². The molecule has 0 bridgehead atoms. The molecule has 3 aromatic rings. The Kier molecular flexibility index (Phi) is 6.35. The van der Waals surface area contributed by atoms with Crippen molar-refractivity contribution in [2.24, 2.45) is 0 Å². The summed E-state index contributed by atoms with van der Waals surface area (Å²) in [5.74, 6) is 0.548. The summed E-state index contributed by atoms with van der Waals surface area (Å²) >= 11 is 12.1. The number of para-hydroxylation sites is 1. The molecule has 0 radical (unpaired) electrons. The van der Waals surface area contributed by atoms with Crippen molar-refractivity contribution in [1.29, 1.82) is 0 Å². The lowest BCUT2D eigenvalue weighted by atomic mass is 10.1. The van der Waals surface area contributed by atoms with Crippen molar-refractivity contribution in [2.75, 3.05) is 12.0 Å². The van der Waals surface area contributed by atoms with Crippen molar-refractivity contribution in [2.45, 2.75) is 6.61 Å². The fraction of sp³-hybridized carbons (Fsp3) is 0.0833. The lowest BCUT2D eigenvalue weighted by Crippen LogP contribution is -2.30. The molecule has 1 N–H and O–H groups in total. The molecule has 0 spiro atoms. The molecule has 4 rings (SSSR count). The molecular formula is C24H18Cl2N2O4. The number of carbonyl (C=O) groups is 2. The number of nitrogens with one attached hydrogen (secondary N) is 1. The molecule has 6 nitrogen and oxygen atoms in total. The highest BCUT2D eigenvalue weighted by Crippen LogP contribution is 2.31. The predicted molar refractivity (Wildman–Crippen MR) is 124 cm³/mol. The number of ether oxygens (including phenoxy) is 2. The average molecular weight is 469 g/mol. The second-order valence-corrected chi connectivity index (χ2v) is 7.74. The van der Waals surface area contributed by atoms with Crippen LogP contribution in [0.5, 0.6) is 11.5 Å². The Balaban J connectivity index is 1.53. The number of carbonyl (C=O) groups excluding carboxylic acids is 2. The minimum atomic E-state index is -0.501. The van der Waals surface area contributed by atoms with Crippen LogP contribution in [0.2, 0.25) is 10.0 Å². The zero-order valence-electron chi connectivity index (χ0n) is 17.0. The molecule has 1 fully saturated rings. The highest BCUT2D eigenvalue weighted by molar-refractivity contribution is 6.35. The molecule has 3 aromatic carbocycles. The van der Waals surface area contributed by atoms with Gasteiger partial charge in [-0.2, -0.15) is 0 Å². The van der Waals surface area contributed by atoms with E-state index >= 15 is 0 Å². The monoisotopic (exact) mass is 468 g/mol. The summed E-state index contributed by atoms with van der Waals surface area (Å²) < 4.78 is 11.3. The van der Waals surface area contributed by atoms with Gasteiger partial charge in [0.05, 0.1) is 12.8 Å². The Morgan fingerprint density at radius 1 is 0.969 bits per heavy atom. The number of hydrogen-bond acceptors (Lipinski definition) is 4. The molecule has 32 heavy (non-hydrogen) atoms. The number of rotatable bonds is 6. The molecule has 0 aliphatic carbocycles. The van der Waals surface area contributed by atoms with E-state index in [4.69, 9.17) is 32.7 Å². The van der Waals surface area contributed by atoms with Crippen LogP contribution in [0.4, 0.5) is 10.5 Å². The van der Waals surface area contributed by atoms with Crippen molar-refractivity contribution in [3.05, 3.63) is 93.6 Å². The van der Waals surface area contributed by atoms with Gasteiger partial charge in [0.1, 0.15) is 12.3 Å². The molecule has 0 aromatic heterocycles. The lowest BCUT2D eigenvalue weighted by Gasteiger charge is -2.12. The first-order valence-corrected chi connectivity index (χ1v) is 10.4. The topological polar surface area (TPSA) is 67.9 Å². The van der Waals surface area contributed by atoms with Crippen molar-refractivity contribution < 1.29 is 19.1 Å². The van der Waals surface area contributed by atoms with Crippen LogP contribution in [-0.2, 0) is 11.4 Å². The van der Waals surface area contributed by atoms with Crippen molar-refractivity contribution in [3.63, 3.8) is 0 Å². The summed E-state index contributed by atoms with van der Waals surface area (Å²) in [6, 6.07) is 18.6. The molecule has 1 aliphatic heterocycles. The summed E-state index contributed by atoms with van der Waals surface area (Å²) in [5, 5.41) is 3.67. The zero-order chi connectivity index (χ0) is 22.7. The van der Waals surface area contributed by atoms with Gasteiger partial charge in [-0.1, -0.05) is 53.5 Å². The van der Waals surface area contributed by atoms with Crippen LogP contribution < -0.4 is 19.7 Å². The normalized spacial score (nSPS) is 14.6. The molecule has 0 atom stereocenters. The maximum Gasteiger partial charge on any atom is 0.333 e. The molecule has 8 heteroatoms. The van der Waals surface area contributed by atoms with E-state index in [-0.39, 0.29) is 12.3 Å². The Hall–Kier alpha value is -3.48. The minimum Gasteiger partial charge on any atom is -0.493 e. The third-order valence-electron chi connectivity index (χ3n) is 4.79. The van der Waals surface area contributed by atoms with Crippen LogP contribution in [0.3, 0.4) is 0 Å². The van der Waals surface area contributed by atoms with E-state index in [1.54, 1.807) is 66.7 Å². The quantitative estimate of drug-likeness (QED) is 0.373. The van der Waals surface area contributed by atoms with E-state index in [0.717, 1.165) is 10.5 Å². The Bertz CT molecular complexity index is 1210. The molecule has 1 saturated heterocycles.